The molecule has 3 N–H and O–H groups in total. The Hall–Kier alpha value is -1.87. The Bertz CT molecular complexity index is 878. The van der Waals surface area contributed by atoms with Crippen LogP contribution in [0.2, 0.25) is 5.02 Å². The molecule has 2 heterocycles. The van der Waals surface area contributed by atoms with Gasteiger partial charge in [0.1, 0.15) is 5.60 Å². The number of carbonyl (C=O) groups is 2. The summed E-state index contributed by atoms with van der Waals surface area (Å²) in [6.45, 7) is 11.0. The van der Waals surface area contributed by atoms with Crippen molar-refractivity contribution in [3.63, 3.8) is 0 Å². The largest absolute Gasteiger partial charge is 0.443 e. The van der Waals surface area contributed by atoms with Crippen LogP contribution in [-0.4, -0.2) is 71.0 Å². The van der Waals surface area contributed by atoms with Crippen molar-refractivity contribution in [2.75, 3.05) is 25.5 Å². The van der Waals surface area contributed by atoms with Gasteiger partial charge in [-0.15, -0.1) is 0 Å². The number of aliphatic hydroxyl groups is 1. The lowest BCUT2D eigenvalue weighted by Gasteiger charge is -2.39. The maximum atomic E-state index is 13.3. The molecule has 1 fully saturated rings. The van der Waals surface area contributed by atoms with E-state index >= 15 is 0 Å². The van der Waals surface area contributed by atoms with Crippen LogP contribution in [0.4, 0.5) is 10.5 Å². The van der Waals surface area contributed by atoms with Crippen LogP contribution in [0.25, 0.3) is 0 Å². The quantitative estimate of drug-likeness (QED) is 0.573. The van der Waals surface area contributed by atoms with Gasteiger partial charge < -0.3 is 15.2 Å². The highest BCUT2D eigenvalue weighted by Crippen LogP contribution is 2.38. The summed E-state index contributed by atoms with van der Waals surface area (Å²) < 4.78 is 5.42. The summed E-state index contributed by atoms with van der Waals surface area (Å²) in [5.41, 5.74) is 1.81. The lowest BCUT2D eigenvalue weighted by molar-refractivity contribution is 0.0248. The van der Waals surface area contributed by atoms with Gasteiger partial charge in [0.05, 0.1) is 24.4 Å². The minimum Gasteiger partial charge on any atom is -0.443 e. The molecule has 32 heavy (non-hydrogen) atoms. The second kappa shape index (κ2) is 9.55. The molecule has 1 unspecified atom stereocenters. The van der Waals surface area contributed by atoms with Gasteiger partial charge >= 0.3 is 6.09 Å². The fraction of sp³-hybridized carbons (Fsp3) is 0.652. The van der Waals surface area contributed by atoms with Gasteiger partial charge in [0.15, 0.2) is 0 Å². The molecule has 1 aromatic carbocycles. The average Bonchev–Trinajstić information content (AvgIpc) is 3.06. The molecule has 9 heteroatoms. The second-order valence-corrected chi connectivity index (χ2v) is 10.1. The number of likely N-dealkylation sites (N-methyl/N-ethyl adjacent to an activating group) is 1. The summed E-state index contributed by atoms with van der Waals surface area (Å²) in [4.78, 5) is 29.3. The smallest absolute Gasteiger partial charge is 0.417 e. The number of amides is 2. The molecular weight excluding hydrogens is 432 g/mol. The summed E-state index contributed by atoms with van der Waals surface area (Å²) in [5, 5.41) is 17.1. The van der Waals surface area contributed by atoms with Crippen molar-refractivity contribution in [1.82, 2.24) is 15.1 Å². The highest BCUT2D eigenvalue weighted by atomic mass is 35.5. The van der Waals surface area contributed by atoms with Gasteiger partial charge in [-0.25, -0.2) is 9.69 Å². The molecule has 0 radical (unpaired) electrons. The molecule has 0 bridgehead atoms. The second-order valence-electron chi connectivity index (χ2n) is 9.70. The van der Waals surface area contributed by atoms with Crippen molar-refractivity contribution in [3.8, 4) is 0 Å². The van der Waals surface area contributed by atoms with Gasteiger partial charge in [-0.3, -0.25) is 15.0 Å². The van der Waals surface area contributed by atoms with E-state index in [0.717, 1.165) is 36.4 Å². The average molecular weight is 467 g/mol. The van der Waals surface area contributed by atoms with Gasteiger partial charge in [0.25, 0.3) is 5.91 Å². The molecule has 1 aromatic rings. The normalized spacial score (nSPS) is 19.6. The number of likely N-dealkylation sites (tertiary alicyclic amines) is 1. The summed E-state index contributed by atoms with van der Waals surface area (Å²) in [5.74, 6) is -0.415. The fourth-order valence-electron chi connectivity index (χ4n) is 4.30. The number of nitrogens with zero attached hydrogens (tertiary/aromatic N) is 2. The third-order valence-electron chi connectivity index (χ3n) is 6.11. The maximum Gasteiger partial charge on any atom is 0.417 e. The molecule has 2 aliphatic heterocycles. The summed E-state index contributed by atoms with van der Waals surface area (Å²) in [6.07, 6.45) is 0.430. The van der Waals surface area contributed by atoms with Gasteiger partial charge in [0, 0.05) is 35.4 Å². The zero-order chi connectivity index (χ0) is 23.8. The molecule has 0 saturated carbocycles. The summed E-state index contributed by atoms with van der Waals surface area (Å²) in [7, 11) is 1.87. The molecule has 2 atom stereocenters. The third kappa shape index (κ3) is 5.20. The molecule has 3 rings (SSSR count). The van der Waals surface area contributed by atoms with Crippen LogP contribution >= 0.6 is 11.6 Å². The van der Waals surface area contributed by atoms with Crippen LogP contribution in [0.15, 0.2) is 6.07 Å². The summed E-state index contributed by atoms with van der Waals surface area (Å²) >= 11 is 6.54. The lowest BCUT2D eigenvalue weighted by atomic mass is 10.0. The van der Waals surface area contributed by atoms with Crippen molar-refractivity contribution < 1.29 is 19.4 Å². The Morgan fingerprint density at radius 3 is 2.50 bits per heavy atom. The standard InChI is InChI=1S/C23H35ClN4O4/c1-13-11-17(26-20(25-6)14(2)27-9-7-15(29)8-10-27)18-16(19(13)24)12-28(21(18)30)22(31)32-23(3,4)5/h11,14-15,20,25-26,29H,7-10,12H2,1-6H3/t14-,20?/m1/s1. The SMILES string of the molecule is CNC(Nc1cc(C)c(Cl)c2c1C(=O)N(C(=O)OC(C)(C)C)C2)[C@@H](C)N1CCC(O)CC1. The van der Waals surface area contributed by atoms with E-state index in [9.17, 15) is 14.7 Å². The van der Waals surface area contributed by atoms with E-state index in [2.05, 4.69) is 22.5 Å². The molecule has 2 aliphatic rings. The van der Waals surface area contributed by atoms with Crippen LogP contribution in [0.3, 0.4) is 0 Å². The predicted octanol–water partition coefficient (Wildman–Crippen LogP) is 3.34. The van der Waals surface area contributed by atoms with Crippen LogP contribution < -0.4 is 10.6 Å². The monoisotopic (exact) mass is 466 g/mol. The van der Waals surface area contributed by atoms with E-state index in [1.165, 1.54) is 0 Å². The highest BCUT2D eigenvalue weighted by molar-refractivity contribution is 6.33. The van der Waals surface area contributed by atoms with E-state index in [4.69, 9.17) is 16.3 Å². The first-order valence-corrected chi connectivity index (χ1v) is 11.5. The van der Waals surface area contributed by atoms with Crippen LogP contribution in [0.1, 0.15) is 62.0 Å². The van der Waals surface area contributed by atoms with Crippen LogP contribution in [0, 0.1) is 6.92 Å². The number of imide groups is 1. The molecule has 0 aromatic heterocycles. The number of halogens is 1. The van der Waals surface area contributed by atoms with E-state index in [1.54, 1.807) is 20.8 Å². The van der Waals surface area contributed by atoms with E-state index in [0.29, 0.717) is 21.8 Å². The number of aryl methyl sites for hydroxylation is 1. The number of fused-ring (bicyclic) bond motifs is 1. The Kier molecular flexibility index (Phi) is 7.39. The van der Waals surface area contributed by atoms with E-state index < -0.39 is 17.6 Å². The summed E-state index contributed by atoms with van der Waals surface area (Å²) in [6, 6.07) is 1.96. The Balaban J connectivity index is 1.86. The number of nitrogens with one attached hydrogen (secondary N) is 2. The minimum absolute atomic E-state index is 0.0854. The molecule has 1 saturated heterocycles. The van der Waals surface area contributed by atoms with Crippen molar-refractivity contribution in [3.05, 3.63) is 27.8 Å². The van der Waals surface area contributed by atoms with Gasteiger partial charge in [-0.05, 0) is 66.1 Å². The Labute approximate surface area is 195 Å². The number of hydrogen-bond acceptors (Lipinski definition) is 7. The van der Waals surface area contributed by atoms with Gasteiger partial charge in [-0.1, -0.05) is 11.6 Å². The number of hydrogen-bond donors (Lipinski definition) is 3. The minimum atomic E-state index is -0.707. The van der Waals surface area contributed by atoms with Crippen LogP contribution in [0.5, 0.6) is 0 Å². The highest BCUT2D eigenvalue weighted by Gasteiger charge is 2.39. The van der Waals surface area contributed by atoms with Crippen molar-refractivity contribution in [1.29, 1.82) is 0 Å². The number of aliphatic hydroxyl groups excluding tert-OH is 1. The number of anilines is 1. The number of piperidine rings is 1. The third-order valence-corrected chi connectivity index (χ3v) is 6.64. The zero-order valence-electron chi connectivity index (χ0n) is 19.8. The van der Waals surface area contributed by atoms with Crippen molar-refractivity contribution >= 4 is 29.3 Å². The first kappa shape index (κ1) is 24.8. The number of rotatable bonds is 5. The molecular formula is C23H35ClN4O4. The van der Waals surface area contributed by atoms with Gasteiger partial charge in [0.2, 0.25) is 0 Å². The predicted molar refractivity (Wildman–Crippen MR) is 125 cm³/mol. The number of benzene rings is 1. The number of carbonyl (C=O) groups excluding carboxylic acids is 2. The lowest BCUT2D eigenvalue weighted by Crippen LogP contribution is -2.54. The topological polar surface area (TPSA) is 94.1 Å². The molecule has 0 aliphatic carbocycles. The molecule has 0 spiro atoms. The zero-order valence-corrected chi connectivity index (χ0v) is 20.5. The van der Waals surface area contributed by atoms with Crippen molar-refractivity contribution in [2.45, 2.75) is 77.9 Å². The van der Waals surface area contributed by atoms with Crippen molar-refractivity contribution in [2.24, 2.45) is 0 Å². The molecule has 178 valence electrons. The first-order chi connectivity index (χ1) is 14.9. The van der Waals surface area contributed by atoms with E-state index in [-0.39, 0.29) is 24.9 Å². The molecule has 8 nitrogen and oxygen atoms in total. The maximum absolute atomic E-state index is 13.3. The van der Waals surface area contributed by atoms with E-state index in [1.807, 2.05) is 20.0 Å². The Morgan fingerprint density at radius 2 is 1.94 bits per heavy atom. The number of ether oxygens (including phenoxy) is 1. The molecule has 2 amide bonds. The Morgan fingerprint density at radius 1 is 1.31 bits per heavy atom. The van der Waals surface area contributed by atoms with Gasteiger partial charge in [-0.2, -0.15) is 0 Å². The fourth-order valence-corrected chi connectivity index (χ4v) is 4.51. The first-order valence-electron chi connectivity index (χ1n) is 11.2. The van der Waals surface area contributed by atoms with Crippen LogP contribution in [-0.2, 0) is 11.3 Å².